The Morgan fingerprint density at radius 1 is 1.24 bits per heavy atom. The standard InChI is InChI=1S/C19H22BrN3O2/c1-12-6-7-21-13(2)18(12)25-17-8-14-10-22-23(11-19(3,4)24-5)16(14)9-15(17)20/h6-10H,11H2,1-5H3. The summed E-state index contributed by atoms with van der Waals surface area (Å²) in [4.78, 5) is 4.31. The van der Waals surface area contributed by atoms with Gasteiger partial charge < -0.3 is 9.47 Å². The summed E-state index contributed by atoms with van der Waals surface area (Å²) >= 11 is 3.62. The molecule has 25 heavy (non-hydrogen) atoms. The van der Waals surface area contributed by atoms with E-state index in [2.05, 4.69) is 26.0 Å². The zero-order valence-electron chi connectivity index (χ0n) is 15.1. The molecule has 0 radical (unpaired) electrons. The minimum Gasteiger partial charge on any atom is -0.454 e. The van der Waals surface area contributed by atoms with E-state index >= 15 is 0 Å². The highest BCUT2D eigenvalue weighted by Crippen LogP contribution is 2.36. The van der Waals surface area contributed by atoms with Crippen LogP contribution in [0.2, 0.25) is 0 Å². The molecule has 2 aromatic heterocycles. The van der Waals surface area contributed by atoms with Crippen molar-refractivity contribution in [2.75, 3.05) is 7.11 Å². The molecule has 3 aromatic rings. The van der Waals surface area contributed by atoms with Crippen LogP contribution in [0.15, 0.2) is 35.1 Å². The Morgan fingerprint density at radius 2 is 2.00 bits per heavy atom. The smallest absolute Gasteiger partial charge is 0.151 e. The van der Waals surface area contributed by atoms with Gasteiger partial charge in [0.15, 0.2) is 5.75 Å². The van der Waals surface area contributed by atoms with Crippen LogP contribution >= 0.6 is 15.9 Å². The van der Waals surface area contributed by atoms with Gasteiger partial charge in [-0.15, -0.1) is 0 Å². The molecule has 5 nitrogen and oxygen atoms in total. The number of methoxy groups -OCH3 is 1. The second-order valence-electron chi connectivity index (χ2n) is 6.75. The van der Waals surface area contributed by atoms with Gasteiger partial charge in [-0.05, 0) is 67.4 Å². The fraction of sp³-hybridized carbons (Fsp3) is 0.368. The topological polar surface area (TPSA) is 49.2 Å². The molecule has 0 N–H and O–H groups in total. The van der Waals surface area contributed by atoms with Crippen LogP contribution in [0.25, 0.3) is 10.9 Å². The summed E-state index contributed by atoms with van der Waals surface area (Å²) in [5.41, 5.74) is 2.66. The van der Waals surface area contributed by atoms with E-state index < -0.39 is 0 Å². The van der Waals surface area contributed by atoms with Crippen molar-refractivity contribution in [1.82, 2.24) is 14.8 Å². The average Bonchev–Trinajstić information content (AvgIpc) is 2.92. The van der Waals surface area contributed by atoms with E-state index in [1.165, 1.54) is 0 Å². The predicted octanol–water partition coefficient (Wildman–Crippen LogP) is 5.03. The quantitative estimate of drug-likeness (QED) is 0.599. The molecule has 0 aliphatic rings. The van der Waals surface area contributed by atoms with Gasteiger partial charge in [-0.25, -0.2) is 0 Å². The van der Waals surface area contributed by atoms with Crippen LogP contribution in [0.4, 0.5) is 0 Å². The van der Waals surface area contributed by atoms with Crippen molar-refractivity contribution in [2.24, 2.45) is 0 Å². The van der Waals surface area contributed by atoms with Crippen LogP contribution in [-0.2, 0) is 11.3 Å². The van der Waals surface area contributed by atoms with Gasteiger partial charge in [0.1, 0.15) is 5.75 Å². The molecule has 0 atom stereocenters. The summed E-state index contributed by atoms with van der Waals surface area (Å²) in [7, 11) is 1.71. The summed E-state index contributed by atoms with van der Waals surface area (Å²) in [6.45, 7) is 8.71. The second-order valence-corrected chi connectivity index (χ2v) is 7.61. The average molecular weight is 404 g/mol. The molecule has 0 aliphatic carbocycles. The van der Waals surface area contributed by atoms with Crippen LogP contribution in [0.1, 0.15) is 25.1 Å². The van der Waals surface area contributed by atoms with E-state index in [0.29, 0.717) is 6.54 Å². The van der Waals surface area contributed by atoms with Gasteiger partial charge in [-0.3, -0.25) is 9.67 Å². The SMILES string of the molecule is COC(C)(C)Cn1ncc2cc(Oc3c(C)ccnc3C)c(Br)cc21. The lowest BCUT2D eigenvalue weighted by molar-refractivity contribution is 0.00643. The largest absolute Gasteiger partial charge is 0.454 e. The van der Waals surface area contributed by atoms with Crippen molar-refractivity contribution in [3.8, 4) is 11.5 Å². The monoisotopic (exact) mass is 403 g/mol. The van der Waals surface area contributed by atoms with Crippen molar-refractivity contribution >= 4 is 26.8 Å². The van der Waals surface area contributed by atoms with Crippen molar-refractivity contribution in [3.05, 3.63) is 46.3 Å². The summed E-state index contributed by atoms with van der Waals surface area (Å²) in [5.74, 6) is 1.53. The number of halogens is 1. The highest BCUT2D eigenvalue weighted by atomic mass is 79.9. The van der Waals surface area contributed by atoms with Crippen LogP contribution < -0.4 is 4.74 Å². The van der Waals surface area contributed by atoms with Gasteiger partial charge in [0.25, 0.3) is 0 Å². The molecule has 0 amide bonds. The van der Waals surface area contributed by atoms with Crippen molar-refractivity contribution in [3.63, 3.8) is 0 Å². The van der Waals surface area contributed by atoms with Crippen LogP contribution in [0.3, 0.4) is 0 Å². The number of hydrogen-bond acceptors (Lipinski definition) is 4. The third-order valence-corrected chi connectivity index (χ3v) is 4.89. The maximum atomic E-state index is 6.14. The second kappa shape index (κ2) is 6.77. The molecule has 0 saturated heterocycles. The van der Waals surface area contributed by atoms with Crippen LogP contribution in [0.5, 0.6) is 11.5 Å². The number of aromatic nitrogens is 3. The third-order valence-electron chi connectivity index (χ3n) is 4.27. The molecule has 3 rings (SSSR count). The Bertz CT molecular complexity index is 898. The van der Waals surface area contributed by atoms with Crippen molar-refractivity contribution in [1.29, 1.82) is 0 Å². The minimum absolute atomic E-state index is 0.287. The van der Waals surface area contributed by atoms with Crippen molar-refractivity contribution in [2.45, 2.75) is 39.8 Å². The Kier molecular flexibility index (Phi) is 4.84. The van der Waals surface area contributed by atoms with Gasteiger partial charge in [0.05, 0.1) is 34.0 Å². The molecule has 0 saturated carbocycles. The number of rotatable bonds is 5. The molecule has 0 unspecified atom stereocenters. The fourth-order valence-corrected chi connectivity index (χ4v) is 3.07. The molecule has 0 aliphatic heterocycles. The number of hydrogen-bond donors (Lipinski definition) is 0. The minimum atomic E-state index is -0.287. The van der Waals surface area contributed by atoms with Gasteiger partial charge in [-0.2, -0.15) is 5.10 Å². The maximum Gasteiger partial charge on any atom is 0.151 e. The predicted molar refractivity (Wildman–Crippen MR) is 102 cm³/mol. The van der Waals surface area contributed by atoms with Crippen molar-refractivity contribution < 1.29 is 9.47 Å². The van der Waals surface area contributed by atoms with Crippen LogP contribution in [0, 0.1) is 13.8 Å². The van der Waals surface area contributed by atoms with E-state index in [1.54, 1.807) is 13.3 Å². The first kappa shape index (κ1) is 17.9. The van der Waals surface area contributed by atoms with Gasteiger partial charge >= 0.3 is 0 Å². The highest BCUT2D eigenvalue weighted by Gasteiger charge is 2.20. The van der Waals surface area contributed by atoms with Crippen LogP contribution in [-0.4, -0.2) is 27.5 Å². The molecule has 0 fully saturated rings. The number of fused-ring (bicyclic) bond motifs is 1. The first-order valence-corrected chi connectivity index (χ1v) is 8.90. The fourth-order valence-electron chi connectivity index (χ4n) is 2.65. The Morgan fingerprint density at radius 3 is 2.68 bits per heavy atom. The number of benzene rings is 1. The summed E-state index contributed by atoms with van der Waals surface area (Å²) in [6, 6.07) is 5.97. The molecule has 0 spiro atoms. The number of nitrogens with zero attached hydrogens (tertiary/aromatic N) is 3. The summed E-state index contributed by atoms with van der Waals surface area (Å²) in [6.07, 6.45) is 3.64. The number of pyridine rings is 1. The lowest BCUT2D eigenvalue weighted by Gasteiger charge is -2.23. The molecular weight excluding hydrogens is 382 g/mol. The zero-order chi connectivity index (χ0) is 18.2. The molecule has 0 bridgehead atoms. The molecule has 2 heterocycles. The third kappa shape index (κ3) is 3.70. The molecule has 1 aromatic carbocycles. The molecule has 132 valence electrons. The van der Waals surface area contributed by atoms with Gasteiger partial charge in [0.2, 0.25) is 0 Å². The Labute approximate surface area is 156 Å². The number of aryl methyl sites for hydroxylation is 2. The zero-order valence-corrected chi connectivity index (χ0v) is 16.7. The van der Waals surface area contributed by atoms with E-state index in [-0.39, 0.29) is 5.60 Å². The van der Waals surface area contributed by atoms with Gasteiger partial charge in [-0.1, -0.05) is 0 Å². The Hall–Kier alpha value is -1.92. The normalized spacial score (nSPS) is 11.9. The first-order valence-electron chi connectivity index (χ1n) is 8.11. The molecular formula is C19H22BrN3O2. The summed E-state index contributed by atoms with van der Waals surface area (Å²) in [5, 5.41) is 5.52. The molecule has 6 heteroatoms. The highest BCUT2D eigenvalue weighted by molar-refractivity contribution is 9.10. The maximum absolute atomic E-state index is 6.14. The van der Waals surface area contributed by atoms with E-state index in [0.717, 1.165) is 38.1 Å². The Balaban J connectivity index is 1.98. The van der Waals surface area contributed by atoms with E-state index in [9.17, 15) is 0 Å². The van der Waals surface area contributed by atoms with E-state index in [4.69, 9.17) is 9.47 Å². The number of ether oxygens (including phenoxy) is 2. The first-order chi connectivity index (χ1) is 11.8. The lowest BCUT2D eigenvalue weighted by atomic mass is 10.1. The van der Waals surface area contributed by atoms with E-state index in [1.807, 2.05) is 56.8 Å². The lowest BCUT2D eigenvalue weighted by Crippen LogP contribution is -2.29. The summed E-state index contributed by atoms with van der Waals surface area (Å²) < 4.78 is 14.5. The van der Waals surface area contributed by atoms with Gasteiger partial charge in [0, 0.05) is 18.7 Å².